The van der Waals surface area contributed by atoms with Gasteiger partial charge in [0.25, 0.3) is 0 Å². The van der Waals surface area contributed by atoms with Crippen molar-refractivity contribution in [1.82, 2.24) is 10.2 Å². The van der Waals surface area contributed by atoms with Crippen LogP contribution in [0.4, 0.5) is 5.69 Å². The molecule has 1 saturated heterocycles. The fourth-order valence-corrected chi connectivity index (χ4v) is 4.70. The molecular formula is C21H29N3OS. The topological polar surface area (TPSA) is 35.6 Å². The Hall–Kier alpha value is -1.85. The van der Waals surface area contributed by atoms with Crippen molar-refractivity contribution in [3.8, 4) is 0 Å². The Labute approximate surface area is 160 Å². The zero-order valence-electron chi connectivity index (χ0n) is 15.7. The number of amides is 1. The van der Waals surface area contributed by atoms with Gasteiger partial charge < -0.3 is 10.2 Å². The second-order valence-electron chi connectivity index (χ2n) is 6.93. The van der Waals surface area contributed by atoms with Crippen molar-refractivity contribution < 1.29 is 4.79 Å². The first-order valence-corrected chi connectivity index (χ1v) is 10.4. The third kappa shape index (κ3) is 4.65. The number of para-hydroxylation sites is 1. The van der Waals surface area contributed by atoms with E-state index in [1.807, 2.05) is 6.92 Å². The van der Waals surface area contributed by atoms with E-state index in [1.54, 1.807) is 11.3 Å². The van der Waals surface area contributed by atoms with Crippen molar-refractivity contribution in [2.45, 2.75) is 38.8 Å². The maximum Gasteiger partial charge on any atom is 0.220 e. The number of rotatable bonds is 7. The van der Waals surface area contributed by atoms with Gasteiger partial charge in [-0.15, -0.1) is 11.3 Å². The number of nitrogens with one attached hydrogen (secondary N) is 1. The number of benzene rings is 1. The summed E-state index contributed by atoms with van der Waals surface area (Å²) in [5.41, 5.74) is 1.30. The van der Waals surface area contributed by atoms with Crippen LogP contribution in [0.3, 0.4) is 0 Å². The molecule has 2 aromatic rings. The van der Waals surface area contributed by atoms with Crippen LogP contribution >= 0.6 is 11.3 Å². The third-order valence-corrected chi connectivity index (χ3v) is 5.95. The smallest absolute Gasteiger partial charge is 0.220 e. The molecule has 1 N–H and O–H groups in total. The quantitative estimate of drug-likeness (QED) is 0.801. The van der Waals surface area contributed by atoms with Gasteiger partial charge >= 0.3 is 0 Å². The zero-order valence-corrected chi connectivity index (χ0v) is 16.5. The lowest BCUT2D eigenvalue weighted by Gasteiger charge is -2.42. The number of hydrogen-bond acceptors (Lipinski definition) is 4. The summed E-state index contributed by atoms with van der Waals surface area (Å²) >= 11 is 1.78. The van der Waals surface area contributed by atoms with Crippen LogP contribution in [-0.2, 0) is 4.79 Å². The highest BCUT2D eigenvalue weighted by Crippen LogP contribution is 2.30. The first-order valence-electron chi connectivity index (χ1n) is 9.56. The number of nitrogens with zero attached hydrogens (tertiary/aromatic N) is 2. The van der Waals surface area contributed by atoms with Gasteiger partial charge in [0.15, 0.2) is 0 Å². The summed E-state index contributed by atoms with van der Waals surface area (Å²) in [4.78, 5) is 18.4. The third-order valence-electron chi connectivity index (χ3n) is 5.00. The normalized spacial score (nSPS) is 17.7. The van der Waals surface area contributed by atoms with Crippen molar-refractivity contribution in [2.24, 2.45) is 0 Å². The lowest BCUT2D eigenvalue weighted by atomic mass is 10.0. The number of carbonyl (C=O) groups is 1. The molecule has 0 aliphatic carbocycles. The standard InChI is InChI=1S/C21H29N3OS/c1-3-8-20(25)22-17(2)21(19-11-7-16-26-19)24-14-12-23(13-15-24)18-9-5-4-6-10-18/h4-7,9-11,16-17,21H,3,8,12-15H2,1-2H3,(H,22,25)/t17-,21-/m0/s1. The number of hydrogen-bond donors (Lipinski definition) is 1. The first-order chi connectivity index (χ1) is 12.7. The molecule has 2 heterocycles. The molecule has 0 unspecified atom stereocenters. The van der Waals surface area contributed by atoms with Crippen LogP contribution in [0, 0.1) is 0 Å². The van der Waals surface area contributed by atoms with Crippen LogP contribution < -0.4 is 10.2 Å². The summed E-state index contributed by atoms with van der Waals surface area (Å²) in [6.07, 6.45) is 1.49. The van der Waals surface area contributed by atoms with Crippen molar-refractivity contribution in [3.05, 3.63) is 52.7 Å². The predicted octanol–water partition coefficient (Wildman–Crippen LogP) is 3.92. The second kappa shape index (κ2) is 9.19. The second-order valence-corrected chi connectivity index (χ2v) is 7.90. The minimum Gasteiger partial charge on any atom is -0.369 e. The fourth-order valence-electron chi connectivity index (χ4n) is 3.73. The summed E-state index contributed by atoms with van der Waals surface area (Å²) in [6.45, 7) is 8.23. The van der Waals surface area contributed by atoms with Gasteiger partial charge in [-0.1, -0.05) is 31.2 Å². The SMILES string of the molecule is CCCC(=O)N[C@@H](C)[C@@H](c1cccs1)N1CCN(c2ccccc2)CC1. The van der Waals surface area contributed by atoms with E-state index in [0.29, 0.717) is 6.42 Å². The molecular weight excluding hydrogens is 342 g/mol. The summed E-state index contributed by atoms with van der Waals surface area (Å²) in [5, 5.41) is 5.35. The molecule has 26 heavy (non-hydrogen) atoms. The largest absolute Gasteiger partial charge is 0.369 e. The molecule has 1 aliphatic rings. The summed E-state index contributed by atoms with van der Waals surface area (Å²) in [5.74, 6) is 0.157. The minimum absolute atomic E-state index is 0.107. The van der Waals surface area contributed by atoms with E-state index in [2.05, 4.69) is 69.9 Å². The Kier molecular flexibility index (Phi) is 6.69. The lowest BCUT2D eigenvalue weighted by molar-refractivity contribution is -0.122. The molecule has 1 aromatic carbocycles. The molecule has 5 heteroatoms. The van der Waals surface area contributed by atoms with Crippen LogP contribution in [0.25, 0.3) is 0 Å². The number of anilines is 1. The molecule has 0 saturated carbocycles. The maximum atomic E-state index is 12.1. The minimum atomic E-state index is 0.107. The predicted molar refractivity (Wildman–Crippen MR) is 110 cm³/mol. The van der Waals surface area contributed by atoms with Crippen LogP contribution in [-0.4, -0.2) is 43.0 Å². The fraction of sp³-hybridized carbons (Fsp3) is 0.476. The van der Waals surface area contributed by atoms with Crippen LogP contribution in [0.5, 0.6) is 0 Å². The number of carbonyl (C=O) groups excluding carboxylic acids is 1. The molecule has 1 aromatic heterocycles. The summed E-state index contributed by atoms with van der Waals surface area (Å²) in [6, 6.07) is 15.3. The first kappa shape index (κ1) is 18.9. The Morgan fingerprint density at radius 2 is 1.85 bits per heavy atom. The molecule has 0 spiro atoms. The zero-order chi connectivity index (χ0) is 18.4. The summed E-state index contributed by atoms with van der Waals surface area (Å²) in [7, 11) is 0. The van der Waals surface area contributed by atoms with E-state index in [9.17, 15) is 4.79 Å². The average molecular weight is 372 g/mol. The Morgan fingerprint density at radius 3 is 2.46 bits per heavy atom. The van der Waals surface area contributed by atoms with Crippen LogP contribution in [0.1, 0.15) is 37.6 Å². The molecule has 0 bridgehead atoms. The van der Waals surface area contributed by atoms with E-state index >= 15 is 0 Å². The van der Waals surface area contributed by atoms with Gasteiger partial charge in [0.2, 0.25) is 5.91 Å². The van der Waals surface area contributed by atoms with Gasteiger partial charge in [0.1, 0.15) is 0 Å². The molecule has 3 rings (SSSR count). The Balaban J connectivity index is 1.67. The van der Waals surface area contributed by atoms with E-state index < -0.39 is 0 Å². The Morgan fingerprint density at radius 1 is 1.12 bits per heavy atom. The number of piperazine rings is 1. The molecule has 140 valence electrons. The lowest BCUT2D eigenvalue weighted by Crippen LogP contribution is -2.52. The monoisotopic (exact) mass is 371 g/mol. The highest BCUT2D eigenvalue weighted by molar-refractivity contribution is 7.10. The summed E-state index contributed by atoms with van der Waals surface area (Å²) < 4.78 is 0. The molecule has 1 aliphatic heterocycles. The van der Waals surface area contributed by atoms with E-state index in [0.717, 1.165) is 32.6 Å². The number of thiophene rings is 1. The molecule has 1 amide bonds. The molecule has 1 fully saturated rings. The van der Waals surface area contributed by atoms with Gasteiger partial charge in [-0.2, -0.15) is 0 Å². The van der Waals surface area contributed by atoms with Crippen molar-refractivity contribution in [2.75, 3.05) is 31.1 Å². The Bertz CT molecular complexity index is 666. The van der Waals surface area contributed by atoms with Crippen molar-refractivity contribution in [3.63, 3.8) is 0 Å². The van der Waals surface area contributed by atoms with Gasteiger partial charge in [-0.3, -0.25) is 9.69 Å². The van der Waals surface area contributed by atoms with Crippen molar-refractivity contribution in [1.29, 1.82) is 0 Å². The molecule has 2 atom stereocenters. The van der Waals surface area contributed by atoms with E-state index in [1.165, 1.54) is 10.6 Å². The molecule has 4 nitrogen and oxygen atoms in total. The van der Waals surface area contributed by atoms with Gasteiger partial charge in [0.05, 0.1) is 6.04 Å². The van der Waals surface area contributed by atoms with Gasteiger partial charge in [0, 0.05) is 49.2 Å². The highest BCUT2D eigenvalue weighted by atomic mass is 32.1. The van der Waals surface area contributed by atoms with Gasteiger partial charge in [-0.25, -0.2) is 0 Å². The van der Waals surface area contributed by atoms with Gasteiger partial charge in [-0.05, 0) is 36.9 Å². The van der Waals surface area contributed by atoms with Crippen LogP contribution in [0.15, 0.2) is 47.8 Å². The van der Waals surface area contributed by atoms with Crippen molar-refractivity contribution >= 4 is 22.9 Å². The highest BCUT2D eigenvalue weighted by Gasteiger charge is 2.30. The average Bonchev–Trinajstić information content (AvgIpc) is 3.17. The van der Waals surface area contributed by atoms with Crippen LogP contribution in [0.2, 0.25) is 0 Å². The van der Waals surface area contributed by atoms with E-state index in [-0.39, 0.29) is 18.0 Å². The molecule has 0 radical (unpaired) electrons. The maximum absolute atomic E-state index is 12.1. The van der Waals surface area contributed by atoms with E-state index in [4.69, 9.17) is 0 Å².